The van der Waals surface area contributed by atoms with Gasteiger partial charge in [0.1, 0.15) is 52.4 Å². The minimum Gasteiger partial charge on any atom is -0.383 e. The molecule has 0 atom stereocenters. The van der Waals surface area contributed by atoms with Gasteiger partial charge in [-0.25, -0.2) is 23.1 Å². The molecule has 0 saturated heterocycles. The van der Waals surface area contributed by atoms with Gasteiger partial charge in [0.05, 0.1) is 22.1 Å². The monoisotopic (exact) mass is 748 g/mol. The van der Waals surface area contributed by atoms with Gasteiger partial charge in [-0.3, -0.25) is 9.13 Å². The molecule has 6 N–H and O–H groups in total. The van der Waals surface area contributed by atoms with Crippen LogP contribution in [0.2, 0.25) is 5.02 Å². The number of halogens is 4. The highest BCUT2D eigenvalue weighted by Crippen LogP contribution is 2.27. The van der Waals surface area contributed by atoms with Gasteiger partial charge < -0.3 is 22.1 Å². The van der Waals surface area contributed by atoms with Crippen LogP contribution >= 0.6 is 11.6 Å². The molecular weight excluding hydrogens is 717 g/mol. The van der Waals surface area contributed by atoms with Crippen LogP contribution in [-0.2, 0) is 12.8 Å². The summed E-state index contributed by atoms with van der Waals surface area (Å²) >= 11 is 6.02. The summed E-state index contributed by atoms with van der Waals surface area (Å²) in [6.07, 6.45) is 1.27. The molecule has 4 heterocycles. The number of aryl methyl sites for hydroxylation is 2. The smallest absolute Gasteiger partial charge is 0.231 e. The number of hydrogen-bond donors (Lipinski definition) is 4. The van der Waals surface area contributed by atoms with Crippen molar-refractivity contribution in [2.45, 2.75) is 26.7 Å². The van der Waals surface area contributed by atoms with Gasteiger partial charge in [0.25, 0.3) is 0 Å². The molecule has 0 fully saturated rings. The molecule has 0 amide bonds. The van der Waals surface area contributed by atoms with E-state index in [1.807, 2.05) is 26.0 Å². The fourth-order valence-electron chi connectivity index (χ4n) is 5.82. The third-order valence-corrected chi connectivity index (χ3v) is 8.32. The van der Waals surface area contributed by atoms with Gasteiger partial charge in [-0.15, -0.1) is 0 Å². The van der Waals surface area contributed by atoms with Gasteiger partial charge in [-0.05, 0) is 60.7 Å². The van der Waals surface area contributed by atoms with E-state index < -0.39 is 0 Å². The summed E-state index contributed by atoms with van der Waals surface area (Å²) in [5.41, 5.74) is 15.7. The zero-order valence-corrected chi connectivity index (χ0v) is 29.7. The maximum absolute atomic E-state index is 13.8. The molecule has 12 nitrogen and oxygen atoms in total. The quantitative estimate of drug-likeness (QED) is 0.119. The Labute approximate surface area is 311 Å². The molecule has 4 aromatic carbocycles. The van der Waals surface area contributed by atoms with E-state index in [1.54, 1.807) is 57.7 Å². The third kappa shape index (κ3) is 7.71. The second-order valence-corrected chi connectivity index (χ2v) is 12.4. The van der Waals surface area contributed by atoms with Gasteiger partial charge in [-0.2, -0.15) is 19.9 Å². The first-order valence-electron chi connectivity index (χ1n) is 16.8. The molecule has 0 aliphatic heterocycles. The van der Waals surface area contributed by atoms with Gasteiger partial charge >= 0.3 is 0 Å². The van der Waals surface area contributed by atoms with Crippen molar-refractivity contribution in [2.24, 2.45) is 0 Å². The predicted octanol–water partition coefficient (Wildman–Crippen LogP) is 8.48. The number of nitrogens with two attached hydrogens (primary N) is 2. The second kappa shape index (κ2) is 15.1. The summed E-state index contributed by atoms with van der Waals surface area (Å²) in [6, 6.07) is 25.2. The molecule has 272 valence electrons. The first kappa shape index (κ1) is 35.7. The van der Waals surface area contributed by atoms with Crippen molar-refractivity contribution >= 4 is 68.6 Å². The molecular formula is C38H32ClF3N12. The third-order valence-electron chi connectivity index (χ3n) is 8.09. The molecule has 0 bridgehead atoms. The zero-order valence-electron chi connectivity index (χ0n) is 28.9. The minimum atomic E-state index is -0.381. The lowest BCUT2D eigenvalue weighted by atomic mass is 10.3. The van der Waals surface area contributed by atoms with Crippen LogP contribution in [-0.4, -0.2) is 39.0 Å². The Morgan fingerprint density at radius 2 is 1.02 bits per heavy atom. The highest BCUT2D eigenvalue weighted by molar-refractivity contribution is 6.30. The first-order valence-corrected chi connectivity index (χ1v) is 17.1. The molecule has 0 spiro atoms. The minimum absolute atomic E-state index is 0.205. The lowest BCUT2D eigenvalue weighted by molar-refractivity contribution is 0.628. The van der Waals surface area contributed by atoms with E-state index in [0.717, 1.165) is 11.5 Å². The maximum Gasteiger partial charge on any atom is 0.231 e. The van der Waals surface area contributed by atoms with E-state index >= 15 is 0 Å². The standard InChI is InChI=1S/C19H16ClFN6.C19H16F2N6/c2*1-2-17-24-14-7-6-12(21)9-15(14)27(17)18-10-16(22)25-19(26-18)23-13-5-3-4-11(20)8-13/h2*3-10H,2H2,1H3,(H3,22,23,25,26). The number of benzene rings is 4. The number of nitrogen functional groups attached to an aromatic ring is 2. The molecule has 8 rings (SSSR count). The van der Waals surface area contributed by atoms with Crippen LogP contribution < -0.4 is 22.1 Å². The van der Waals surface area contributed by atoms with Crippen molar-refractivity contribution in [1.29, 1.82) is 0 Å². The highest BCUT2D eigenvalue weighted by Gasteiger charge is 2.17. The normalized spacial score (nSPS) is 11.1. The predicted molar refractivity (Wildman–Crippen MR) is 205 cm³/mol. The summed E-state index contributed by atoms with van der Waals surface area (Å²) in [4.78, 5) is 26.5. The number of aromatic nitrogens is 8. The van der Waals surface area contributed by atoms with Crippen molar-refractivity contribution in [3.05, 3.63) is 131 Å². The van der Waals surface area contributed by atoms with Gasteiger partial charge in [0.2, 0.25) is 11.9 Å². The van der Waals surface area contributed by atoms with E-state index in [9.17, 15) is 13.2 Å². The Bertz CT molecular complexity index is 2460. The number of imidazole rings is 2. The lowest BCUT2D eigenvalue weighted by Crippen LogP contribution is -2.08. The number of nitrogens with one attached hydrogen (secondary N) is 2. The Morgan fingerprint density at radius 3 is 1.48 bits per heavy atom. The second-order valence-electron chi connectivity index (χ2n) is 11.9. The van der Waals surface area contributed by atoms with Crippen molar-refractivity contribution in [2.75, 3.05) is 22.1 Å². The average Bonchev–Trinajstić information content (AvgIpc) is 3.69. The van der Waals surface area contributed by atoms with E-state index in [2.05, 4.69) is 40.5 Å². The average molecular weight is 749 g/mol. The summed E-state index contributed by atoms with van der Waals surface area (Å²) in [5, 5.41) is 6.62. The number of hydrogen-bond acceptors (Lipinski definition) is 10. The zero-order chi connectivity index (χ0) is 37.9. The molecule has 54 heavy (non-hydrogen) atoms. The molecule has 8 aromatic rings. The van der Waals surface area contributed by atoms with Crippen molar-refractivity contribution in [3.8, 4) is 11.6 Å². The molecule has 0 saturated carbocycles. The van der Waals surface area contributed by atoms with Gasteiger partial charge in [-0.1, -0.05) is 37.6 Å². The van der Waals surface area contributed by atoms with Crippen LogP contribution in [0.25, 0.3) is 33.7 Å². The van der Waals surface area contributed by atoms with Crippen LogP contribution in [0, 0.1) is 17.5 Å². The topological polar surface area (TPSA) is 163 Å². The van der Waals surface area contributed by atoms with Crippen molar-refractivity contribution in [1.82, 2.24) is 39.0 Å². The molecule has 0 unspecified atom stereocenters. The van der Waals surface area contributed by atoms with Crippen LogP contribution in [0.5, 0.6) is 0 Å². The van der Waals surface area contributed by atoms with Crippen LogP contribution in [0.1, 0.15) is 25.5 Å². The van der Waals surface area contributed by atoms with E-state index in [0.29, 0.717) is 69.0 Å². The Morgan fingerprint density at radius 1 is 0.556 bits per heavy atom. The molecule has 0 aliphatic carbocycles. The number of anilines is 6. The molecule has 4 aromatic heterocycles. The molecule has 0 aliphatic rings. The Hall–Kier alpha value is -6.74. The van der Waals surface area contributed by atoms with E-state index in [-0.39, 0.29) is 35.0 Å². The molecule has 0 radical (unpaired) electrons. The fourth-order valence-corrected chi connectivity index (χ4v) is 6.01. The summed E-state index contributed by atoms with van der Waals surface area (Å²) in [6.45, 7) is 3.92. The van der Waals surface area contributed by atoms with Crippen LogP contribution in [0.3, 0.4) is 0 Å². The van der Waals surface area contributed by atoms with E-state index in [4.69, 9.17) is 23.1 Å². The Kier molecular flexibility index (Phi) is 9.96. The van der Waals surface area contributed by atoms with Crippen molar-refractivity contribution < 1.29 is 13.2 Å². The molecule has 16 heteroatoms. The first-order chi connectivity index (χ1) is 26.1. The maximum atomic E-state index is 13.8. The summed E-state index contributed by atoms with van der Waals surface area (Å²) in [5.74, 6) is 2.36. The van der Waals surface area contributed by atoms with Gasteiger partial charge in [0, 0.05) is 53.5 Å². The van der Waals surface area contributed by atoms with E-state index in [1.165, 1.54) is 36.4 Å². The fraction of sp³-hybridized carbons (Fsp3) is 0.105. The number of rotatable bonds is 8. The Balaban J connectivity index is 0.000000167. The van der Waals surface area contributed by atoms with Crippen molar-refractivity contribution in [3.63, 3.8) is 0 Å². The lowest BCUT2D eigenvalue weighted by Gasteiger charge is -2.11. The number of nitrogens with zero attached hydrogens (tertiary/aromatic N) is 8. The largest absolute Gasteiger partial charge is 0.383 e. The summed E-state index contributed by atoms with van der Waals surface area (Å²) < 4.78 is 44.5. The van der Waals surface area contributed by atoms with Gasteiger partial charge in [0.15, 0.2) is 0 Å². The summed E-state index contributed by atoms with van der Waals surface area (Å²) in [7, 11) is 0. The van der Waals surface area contributed by atoms with Crippen LogP contribution in [0.4, 0.5) is 48.1 Å². The number of fused-ring (bicyclic) bond motifs is 2. The SMILES string of the molecule is CCc1nc2ccc(F)cc2n1-c1cc(N)nc(Nc2cccc(Cl)c2)n1.CCc1nc2ccc(F)cc2n1-c1cc(N)nc(Nc2cccc(F)c2)n1. The highest BCUT2D eigenvalue weighted by atomic mass is 35.5. The van der Waals surface area contributed by atoms with Crippen LogP contribution in [0.15, 0.2) is 97.1 Å².